The van der Waals surface area contributed by atoms with Crippen LogP contribution in [0.3, 0.4) is 0 Å². The predicted molar refractivity (Wildman–Crippen MR) is 114 cm³/mol. The molecule has 0 amide bonds. The third kappa shape index (κ3) is 11.9. The van der Waals surface area contributed by atoms with Crippen LogP contribution < -0.4 is 0 Å². The van der Waals surface area contributed by atoms with Crippen molar-refractivity contribution >= 4 is 14.0 Å². The number of hydrogen-bond acceptors (Lipinski definition) is 2. The average Bonchev–Trinajstić information content (AvgIpc) is 2.63. The van der Waals surface area contributed by atoms with Gasteiger partial charge in [0.1, 0.15) is 8.07 Å². The smallest absolute Gasteiger partial charge is 0.305 e. The van der Waals surface area contributed by atoms with Crippen LogP contribution in [0.25, 0.3) is 0 Å². The van der Waals surface area contributed by atoms with Crippen molar-refractivity contribution in [2.75, 3.05) is 6.61 Å². The summed E-state index contributed by atoms with van der Waals surface area (Å²) in [5, 5.41) is 0. The highest BCUT2D eigenvalue weighted by atomic mass is 28.3. The van der Waals surface area contributed by atoms with E-state index in [1.165, 1.54) is 44.6 Å². The van der Waals surface area contributed by atoms with E-state index in [0.29, 0.717) is 13.0 Å². The molecule has 0 aromatic heterocycles. The molecule has 0 atom stereocenters. The highest BCUT2D eigenvalue weighted by Crippen LogP contribution is 2.16. The van der Waals surface area contributed by atoms with Gasteiger partial charge in [-0.3, -0.25) is 4.79 Å². The number of carbonyl (C=O) groups excluding carboxylic acids is 1. The second kappa shape index (κ2) is 13.6. The van der Waals surface area contributed by atoms with Gasteiger partial charge in [0.25, 0.3) is 0 Å². The molecule has 0 unspecified atom stereocenters. The summed E-state index contributed by atoms with van der Waals surface area (Å²) >= 11 is 0. The van der Waals surface area contributed by atoms with Crippen molar-refractivity contribution < 1.29 is 9.53 Å². The highest BCUT2D eigenvalue weighted by molar-refractivity contribution is 6.85. The molecule has 0 N–H and O–H groups in total. The normalized spacial score (nSPS) is 10.9. The maximum Gasteiger partial charge on any atom is 0.305 e. The van der Waals surface area contributed by atoms with Gasteiger partial charge < -0.3 is 4.74 Å². The van der Waals surface area contributed by atoms with Crippen LogP contribution in [0.4, 0.5) is 0 Å². The van der Waals surface area contributed by atoms with E-state index in [2.05, 4.69) is 48.8 Å². The lowest BCUT2D eigenvalue weighted by molar-refractivity contribution is -0.143. The van der Waals surface area contributed by atoms with Crippen molar-refractivity contribution in [3.63, 3.8) is 0 Å². The molecule has 0 saturated heterocycles. The van der Waals surface area contributed by atoms with E-state index in [0.717, 1.165) is 18.4 Å². The number of rotatable bonds is 12. The first-order chi connectivity index (χ1) is 12.5. The average molecular weight is 373 g/mol. The van der Waals surface area contributed by atoms with Gasteiger partial charge in [-0.05, 0) is 31.5 Å². The first-order valence-electron chi connectivity index (χ1n) is 10.3. The Morgan fingerprint density at radius 1 is 0.923 bits per heavy atom. The van der Waals surface area contributed by atoms with E-state index < -0.39 is 8.07 Å². The number of esters is 1. The first-order valence-corrected chi connectivity index (χ1v) is 13.5. The van der Waals surface area contributed by atoms with Crippen LogP contribution in [-0.2, 0) is 9.53 Å². The molecule has 1 rings (SSSR count). The standard InChI is InChI=1S/C23H36O2Si/c1-4-25-23(24)18-14-9-7-5-6-8-10-15-20-26(2,3)21-19-22-16-12-11-13-17-22/h11-13,16-17H,4-10,14-15,18,20H2,1-3H3. The van der Waals surface area contributed by atoms with Gasteiger partial charge in [-0.2, -0.15) is 0 Å². The monoisotopic (exact) mass is 372 g/mol. The van der Waals surface area contributed by atoms with E-state index >= 15 is 0 Å². The minimum absolute atomic E-state index is 0.0466. The topological polar surface area (TPSA) is 26.3 Å². The third-order valence-electron chi connectivity index (χ3n) is 4.56. The van der Waals surface area contributed by atoms with Crippen molar-refractivity contribution in [2.45, 2.75) is 83.8 Å². The van der Waals surface area contributed by atoms with Gasteiger partial charge in [-0.1, -0.05) is 82.2 Å². The van der Waals surface area contributed by atoms with Crippen LogP contribution in [0.1, 0.15) is 70.3 Å². The van der Waals surface area contributed by atoms with Crippen LogP contribution >= 0.6 is 0 Å². The second-order valence-corrected chi connectivity index (χ2v) is 12.2. The maximum atomic E-state index is 11.2. The Morgan fingerprint density at radius 2 is 1.50 bits per heavy atom. The molecular weight excluding hydrogens is 336 g/mol. The Labute approximate surface area is 161 Å². The Bertz CT molecular complexity index is 555. The summed E-state index contributed by atoms with van der Waals surface area (Å²) in [6, 6.07) is 11.6. The Hall–Kier alpha value is -1.53. The zero-order chi connectivity index (χ0) is 19.1. The Kier molecular flexibility index (Phi) is 11.8. The molecule has 144 valence electrons. The molecule has 0 radical (unpaired) electrons. The number of hydrogen-bond donors (Lipinski definition) is 0. The van der Waals surface area contributed by atoms with Crippen molar-refractivity contribution in [3.8, 4) is 11.5 Å². The molecule has 0 bridgehead atoms. The number of carbonyl (C=O) groups is 1. The minimum atomic E-state index is -1.39. The highest BCUT2D eigenvalue weighted by Gasteiger charge is 2.16. The van der Waals surface area contributed by atoms with Crippen molar-refractivity contribution in [1.29, 1.82) is 0 Å². The van der Waals surface area contributed by atoms with Gasteiger partial charge in [-0.25, -0.2) is 0 Å². The number of benzene rings is 1. The Balaban J connectivity index is 2.01. The predicted octanol–water partition coefficient (Wildman–Crippen LogP) is 6.36. The summed E-state index contributed by atoms with van der Waals surface area (Å²) in [6.45, 7) is 7.12. The molecular formula is C23H36O2Si. The van der Waals surface area contributed by atoms with Gasteiger partial charge in [0.05, 0.1) is 6.61 Å². The van der Waals surface area contributed by atoms with Gasteiger partial charge in [0.15, 0.2) is 0 Å². The van der Waals surface area contributed by atoms with Gasteiger partial charge in [0, 0.05) is 12.0 Å². The summed E-state index contributed by atoms with van der Waals surface area (Å²) in [5.74, 6) is 3.31. The fourth-order valence-corrected chi connectivity index (χ4v) is 4.70. The zero-order valence-electron chi connectivity index (χ0n) is 17.0. The van der Waals surface area contributed by atoms with Crippen molar-refractivity contribution in [2.24, 2.45) is 0 Å². The summed E-state index contributed by atoms with van der Waals surface area (Å²) in [4.78, 5) is 11.2. The lowest BCUT2D eigenvalue weighted by atomic mass is 10.1. The second-order valence-electron chi connectivity index (χ2n) is 7.63. The molecule has 26 heavy (non-hydrogen) atoms. The number of unbranched alkanes of at least 4 members (excludes halogenated alkanes) is 7. The largest absolute Gasteiger partial charge is 0.466 e. The third-order valence-corrected chi connectivity index (χ3v) is 6.96. The minimum Gasteiger partial charge on any atom is -0.466 e. The molecule has 0 spiro atoms. The lowest BCUT2D eigenvalue weighted by Gasteiger charge is -2.14. The van der Waals surface area contributed by atoms with E-state index in [4.69, 9.17) is 4.74 Å². The molecule has 0 aliphatic carbocycles. The SMILES string of the molecule is CCOC(=O)CCCCCCCCCC[Si](C)(C)C#Cc1ccccc1. The molecule has 0 fully saturated rings. The quantitative estimate of drug-likeness (QED) is 0.185. The molecule has 1 aromatic carbocycles. The lowest BCUT2D eigenvalue weighted by Crippen LogP contribution is -2.22. The molecule has 2 nitrogen and oxygen atoms in total. The van der Waals surface area contributed by atoms with Gasteiger partial charge in [0.2, 0.25) is 0 Å². The molecule has 3 heteroatoms. The van der Waals surface area contributed by atoms with Crippen molar-refractivity contribution in [3.05, 3.63) is 35.9 Å². The van der Waals surface area contributed by atoms with Gasteiger partial charge >= 0.3 is 5.97 Å². The summed E-state index contributed by atoms with van der Waals surface area (Å²) in [5.41, 5.74) is 4.70. The fraction of sp³-hybridized carbons (Fsp3) is 0.609. The molecule has 0 heterocycles. The van der Waals surface area contributed by atoms with Crippen LogP contribution in [0.15, 0.2) is 30.3 Å². The first kappa shape index (κ1) is 22.5. The maximum absolute atomic E-state index is 11.2. The molecule has 0 saturated carbocycles. The van der Waals surface area contributed by atoms with E-state index in [9.17, 15) is 4.79 Å². The van der Waals surface area contributed by atoms with Crippen LogP contribution in [0, 0.1) is 11.5 Å². The van der Waals surface area contributed by atoms with Crippen LogP contribution in [0.5, 0.6) is 0 Å². The van der Waals surface area contributed by atoms with Gasteiger partial charge in [-0.15, -0.1) is 5.54 Å². The zero-order valence-corrected chi connectivity index (χ0v) is 18.0. The molecule has 0 aliphatic rings. The van der Waals surface area contributed by atoms with Crippen LogP contribution in [-0.4, -0.2) is 20.7 Å². The van der Waals surface area contributed by atoms with E-state index in [1.807, 2.05) is 13.0 Å². The van der Waals surface area contributed by atoms with Crippen molar-refractivity contribution in [1.82, 2.24) is 0 Å². The van der Waals surface area contributed by atoms with E-state index in [1.54, 1.807) is 0 Å². The Morgan fingerprint density at radius 3 is 2.12 bits per heavy atom. The van der Waals surface area contributed by atoms with E-state index in [-0.39, 0.29) is 5.97 Å². The number of ether oxygens (including phenoxy) is 1. The fourth-order valence-electron chi connectivity index (χ4n) is 2.96. The summed E-state index contributed by atoms with van der Waals surface area (Å²) < 4.78 is 4.94. The summed E-state index contributed by atoms with van der Waals surface area (Å²) in [7, 11) is -1.39. The summed E-state index contributed by atoms with van der Waals surface area (Å²) in [6.07, 6.45) is 10.5. The molecule has 0 aliphatic heterocycles. The molecule has 1 aromatic rings. The van der Waals surface area contributed by atoms with Crippen LogP contribution in [0.2, 0.25) is 19.1 Å².